The van der Waals surface area contributed by atoms with Crippen molar-refractivity contribution in [1.82, 2.24) is 4.90 Å². The summed E-state index contributed by atoms with van der Waals surface area (Å²) in [5.41, 5.74) is 2.61. The molecule has 0 radical (unpaired) electrons. The lowest BCUT2D eigenvalue weighted by molar-refractivity contribution is -0.201. The first-order chi connectivity index (χ1) is 16.7. The first-order valence-corrected chi connectivity index (χ1v) is 11.5. The predicted octanol–water partition coefficient (Wildman–Crippen LogP) is 4.25. The third-order valence-electron chi connectivity index (χ3n) is 6.75. The van der Waals surface area contributed by atoms with Crippen molar-refractivity contribution in [3.8, 4) is 5.75 Å². The lowest BCUT2D eigenvalue weighted by Gasteiger charge is -2.38. The minimum atomic E-state index is -5.19. The minimum absolute atomic E-state index is 0.0620. The fourth-order valence-electron chi connectivity index (χ4n) is 4.67. The summed E-state index contributed by atoms with van der Waals surface area (Å²) in [5.74, 6) is -2.89. The van der Waals surface area contributed by atoms with E-state index in [1.54, 1.807) is 0 Å². The molecule has 0 unspecified atom stereocenters. The number of Topliss-reactive ketones (excluding diaryl/α,β-unsaturated/α-hetero) is 1. The summed E-state index contributed by atoms with van der Waals surface area (Å²) >= 11 is 0. The van der Waals surface area contributed by atoms with Crippen LogP contribution >= 0.6 is 0 Å². The molecule has 9 heteroatoms. The Morgan fingerprint density at radius 2 is 1.71 bits per heavy atom. The van der Waals surface area contributed by atoms with Crippen LogP contribution < -0.4 is 4.74 Å². The second kappa shape index (κ2) is 10.2. The highest BCUT2D eigenvalue weighted by Crippen LogP contribution is 2.45. The number of ketones is 1. The first-order valence-electron chi connectivity index (χ1n) is 11.5. The molecule has 0 aliphatic carbocycles. The van der Waals surface area contributed by atoms with E-state index in [0.29, 0.717) is 38.1 Å². The topological polar surface area (TPSA) is 72.9 Å². The molecule has 0 bridgehead atoms. The van der Waals surface area contributed by atoms with Crippen molar-refractivity contribution < 1.29 is 37.0 Å². The maximum atomic E-state index is 12.7. The molecule has 1 spiro atoms. The second-order valence-electron chi connectivity index (χ2n) is 9.04. The number of hydrogen-bond acceptors (Lipinski definition) is 6. The molecule has 0 aromatic heterocycles. The van der Waals surface area contributed by atoms with Crippen molar-refractivity contribution in [1.29, 1.82) is 0 Å². The lowest BCUT2D eigenvalue weighted by atomic mass is 9.74. The van der Waals surface area contributed by atoms with Crippen LogP contribution in [0.1, 0.15) is 47.2 Å². The Hall–Kier alpha value is -3.20. The van der Waals surface area contributed by atoms with Crippen LogP contribution in [0.15, 0.2) is 48.5 Å². The van der Waals surface area contributed by atoms with E-state index in [0.717, 1.165) is 29.7 Å². The number of carbonyl (C=O) groups excluding carboxylic acids is 3. The molecular weight excluding hydrogens is 463 g/mol. The first kappa shape index (κ1) is 24.9. The molecule has 0 saturated carbocycles. The molecule has 4 rings (SSSR count). The summed E-state index contributed by atoms with van der Waals surface area (Å²) in [6.07, 6.45) is -2.89. The number of hydrogen-bond donors (Lipinski definition) is 0. The van der Waals surface area contributed by atoms with Crippen LogP contribution in [0.5, 0.6) is 5.75 Å². The third kappa shape index (κ3) is 5.90. The zero-order valence-corrected chi connectivity index (χ0v) is 19.1. The molecule has 2 heterocycles. The summed E-state index contributed by atoms with van der Waals surface area (Å²) in [6.45, 7) is 1.96. The van der Waals surface area contributed by atoms with Gasteiger partial charge in [-0.3, -0.25) is 9.59 Å². The van der Waals surface area contributed by atoms with E-state index >= 15 is 0 Å². The van der Waals surface area contributed by atoms with Gasteiger partial charge in [-0.2, -0.15) is 13.2 Å². The quantitative estimate of drug-likeness (QED) is 0.329. The van der Waals surface area contributed by atoms with Gasteiger partial charge < -0.3 is 14.4 Å². The van der Waals surface area contributed by atoms with Crippen molar-refractivity contribution in [3.05, 3.63) is 65.2 Å². The highest BCUT2D eigenvalue weighted by atomic mass is 19.4. The third-order valence-corrected chi connectivity index (χ3v) is 6.75. The van der Waals surface area contributed by atoms with Crippen LogP contribution in [0.2, 0.25) is 0 Å². The van der Waals surface area contributed by atoms with Crippen molar-refractivity contribution in [2.75, 3.05) is 26.2 Å². The number of aryl methyl sites for hydroxylation is 1. The van der Waals surface area contributed by atoms with Gasteiger partial charge in [-0.1, -0.05) is 42.5 Å². The van der Waals surface area contributed by atoms with Gasteiger partial charge >= 0.3 is 18.1 Å². The van der Waals surface area contributed by atoms with E-state index in [-0.39, 0.29) is 24.2 Å². The number of alkyl halides is 3. The largest absolute Gasteiger partial charge is 0.492 e. The Balaban J connectivity index is 1.29. The molecule has 186 valence electrons. The molecular formula is C26H26F3NO5. The van der Waals surface area contributed by atoms with Gasteiger partial charge in [-0.05, 0) is 44.0 Å². The van der Waals surface area contributed by atoms with Gasteiger partial charge in [-0.15, -0.1) is 0 Å². The van der Waals surface area contributed by atoms with Crippen LogP contribution in [0.4, 0.5) is 13.2 Å². The SMILES string of the molecule is O=C(CCN1CCC2(CC1)COc1cc(C(=O)CCc3ccccc3)ccc12)OC(=O)C(F)(F)F. The molecule has 2 aliphatic rings. The van der Waals surface area contributed by atoms with Crippen molar-refractivity contribution in [2.45, 2.75) is 43.7 Å². The van der Waals surface area contributed by atoms with Crippen LogP contribution in [0.3, 0.4) is 0 Å². The Bertz CT molecular complexity index is 1090. The number of rotatable bonds is 7. The summed E-state index contributed by atoms with van der Waals surface area (Å²) in [6, 6.07) is 15.5. The molecule has 0 atom stereocenters. The van der Waals surface area contributed by atoms with Gasteiger partial charge in [0.25, 0.3) is 0 Å². The molecule has 0 N–H and O–H groups in total. The van der Waals surface area contributed by atoms with E-state index in [1.165, 1.54) is 0 Å². The molecule has 2 aromatic carbocycles. The average Bonchev–Trinajstić information content (AvgIpc) is 3.19. The fourth-order valence-corrected chi connectivity index (χ4v) is 4.67. The smallest absolute Gasteiger partial charge is 0.491 e. The maximum Gasteiger partial charge on any atom is 0.491 e. The second-order valence-corrected chi connectivity index (χ2v) is 9.04. The van der Waals surface area contributed by atoms with Gasteiger partial charge in [0.15, 0.2) is 5.78 Å². The molecule has 2 aromatic rings. The van der Waals surface area contributed by atoms with Gasteiger partial charge in [0.05, 0.1) is 13.0 Å². The number of esters is 2. The van der Waals surface area contributed by atoms with Crippen LogP contribution in [-0.2, 0) is 26.2 Å². The van der Waals surface area contributed by atoms with E-state index in [2.05, 4.69) is 4.74 Å². The lowest BCUT2D eigenvalue weighted by Crippen LogP contribution is -2.44. The number of fused-ring (bicyclic) bond motifs is 2. The molecule has 1 saturated heterocycles. The number of halogens is 3. The Morgan fingerprint density at radius 1 is 1.00 bits per heavy atom. The van der Waals surface area contributed by atoms with Gasteiger partial charge in [-0.25, -0.2) is 4.79 Å². The van der Waals surface area contributed by atoms with Gasteiger partial charge in [0.2, 0.25) is 0 Å². The zero-order chi connectivity index (χ0) is 25.1. The van der Waals surface area contributed by atoms with Crippen molar-refractivity contribution >= 4 is 17.7 Å². The van der Waals surface area contributed by atoms with E-state index in [4.69, 9.17) is 4.74 Å². The van der Waals surface area contributed by atoms with E-state index < -0.39 is 18.1 Å². The summed E-state index contributed by atoms with van der Waals surface area (Å²) in [7, 11) is 0. The van der Waals surface area contributed by atoms with Crippen LogP contribution in [0.25, 0.3) is 0 Å². The maximum absolute atomic E-state index is 12.7. The standard InChI is InChI=1S/C26H26F3NO5/c27-26(28,29)24(33)35-23(32)10-13-30-14-11-25(12-15-30)17-34-22-16-19(7-8-20(22)25)21(31)9-6-18-4-2-1-3-5-18/h1-5,7-8,16H,6,9-15,17H2. The molecule has 6 nitrogen and oxygen atoms in total. The number of ether oxygens (including phenoxy) is 2. The molecule has 35 heavy (non-hydrogen) atoms. The molecule has 2 aliphatic heterocycles. The van der Waals surface area contributed by atoms with Crippen molar-refractivity contribution in [3.63, 3.8) is 0 Å². The molecule has 1 fully saturated rings. The summed E-state index contributed by atoms with van der Waals surface area (Å²) in [5, 5.41) is 0. The van der Waals surface area contributed by atoms with E-state index in [1.807, 2.05) is 53.4 Å². The number of carbonyl (C=O) groups is 3. The summed E-state index contributed by atoms with van der Waals surface area (Å²) in [4.78, 5) is 37.0. The highest BCUT2D eigenvalue weighted by molar-refractivity contribution is 5.96. The Labute approximate surface area is 201 Å². The number of piperidine rings is 1. The fraction of sp³-hybridized carbons (Fsp3) is 0.423. The number of benzene rings is 2. The van der Waals surface area contributed by atoms with Gasteiger partial charge in [0.1, 0.15) is 5.75 Å². The molecule has 0 amide bonds. The zero-order valence-electron chi connectivity index (χ0n) is 19.1. The predicted molar refractivity (Wildman–Crippen MR) is 120 cm³/mol. The van der Waals surface area contributed by atoms with Crippen LogP contribution in [0, 0.1) is 0 Å². The normalized spacial score (nSPS) is 17.0. The monoisotopic (exact) mass is 489 g/mol. The van der Waals surface area contributed by atoms with Crippen molar-refractivity contribution in [2.24, 2.45) is 0 Å². The highest BCUT2D eigenvalue weighted by Gasteiger charge is 2.44. The number of likely N-dealkylation sites (tertiary alicyclic amines) is 1. The van der Waals surface area contributed by atoms with E-state index in [9.17, 15) is 27.6 Å². The average molecular weight is 489 g/mol. The Kier molecular flexibility index (Phi) is 7.25. The Morgan fingerprint density at radius 3 is 2.40 bits per heavy atom. The summed E-state index contributed by atoms with van der Waals surface area (Å²) < 4.78 is 46.4. The van der Waals surface area contributed by atoms with Crippen LogP contribution in [-0.4, -0.2) is 55.0 Å². The number of nitrogens with zero attached hydrogens (tertiary/aromatic N) is 1. The van der Waals surface area contributed by atoms with Gasteiger partial charge in [0, 0.05) is 29.5 Å². The minimum Gasteiger partial charge on any atom is -0.492 e.